The Labute approximate surface area is 240 Å². The van der Waals surface area contributed by atoms with E-state index >= 15 is 0 Å². The molecule has 7 nitrogen and oxygen atoms in total. The van der Waals surface area contributed by atoms with E-state index in [-0.39, 0.29) is 36.2 Å². The van der Waals surface area contributed by atoms with Crippen LogP contribution < -0.4 is 9.62 Å². The van der Waals surface area contributed by atoms with Gasteiger partial charge in [0, 0.05) is 24.6 Å². The summed E-state index contributed by atoms with van der Waals surface area (Å²) in [5.74, 6) is -2.17. The third-order valence-electron chi connectivity index (χ3n) is 7.31. The number of sulfonamides is 1. The van der Waals surface area contributed by atoms with Gasteiger partial charge in [-0.2, -0.15) is 0 Å². The van der Waals surface area contributed by atoms with Crippen LogP contribution in [0, 0.1) is 11.6 Å². The summed E-state index contributed by atoms with van der Waals surface area (Å²) < 4.78 is 54.8. The van der Waals surface area contributed by atoms with Gasteiger partial charge in [-0.3, -0.25) is 13.9 Å². The smallest absolute Gasteiger partial charge is 0.244 e. The minimum absolute atomic E-state index is 0.0355. The van der Waals surface area contributed by atoms with Gasteiger partial charge in [-0.05, 0) is 48.7 Å². The molecule has 0 aromatic heterocycles. The molecule has 1 atom stereocenters. The lowest BCUT2D eigenvalue weighted by Gasteiger charge is -2.35. The maximum absolute atomic E-state index is 14.9. The summed E-state index contributed by atoms with van der Waals surface area (Å²) in [6.07, 6.45) is 5.84. The topological polar surface area (TPSA) is 86.8 Å². The number of nitrogens with one attached hydrogen (secondary N) is 1. The predicted octanol–water partition coefficient (Wildman–Crippen LogP) is 4.82. The molecule has 3 aromatic rings. The largest absolute Gasteiger partial charge is 0.352 e. The number of benzene rings is 3. The first-order valence-electron chi connectivity index (χ1n) is 13.7. The number of carbonyl (C=O) groups is 2. The van der Waals surface area contributed by atoms with Crippen LogP contribution in [0.15, 0.2) is 78.9 Å². The molecule has 0 bridgehead atoms. The summed E-state index contributed by atoms with van der Waals surface area (Å²) in [4.78, 5) is 29.1. The molecule has 4 rings (SSSR count). The molecule has 1 aliphatic carbocycles. The first kappa shape index (κ1) is 30.2. The number of hydrogen-bond acceptors (Lipinski definition) is 4. The highest BCUT2D eigenvalue weighted by Gasteiger charge is 2.34. The first-order valence-corrected chi connectivity index (χ1v) is 15.6. The van der Waals surface area contributed by atoms with E-state index < -0.39 is 40.2 Å². The van der Waals surface area contributed by atoms with Crippen LogP contribution in [0.3, 0.4) is 0 Å². The van der Waals surface area contributed by atoms with Crippen molar-refractivity contribution in [1.29, 1.82) is 0 Å². The van der Waals surface area contributed by atoms with Gasteiger partial charge in [0.2, 0.25) is 21.8 Å². The number of rotatable bonds is 11. The SMILES string of the molecule is CS(=O)(=O)N(CC(=O)N(Cc1ccccc1F)[C@@H](Cc1ccccc1)C(=O)NC1CCCCC1)c1ccc(F)cc1. The maximum atomic E-state index is 14.9. The molecule has 218 valence electrons. The Morgan fingerprint density at radius 1 is 0.902 bits per heavy atom. The van der Waals surface area contributed by atoms with Crippen LogP contribution in [-0.2, 0) is 32.6 Å². The van der Waals surface area contributed by atoms with Crippen LogP contribution in [0.1, 0.15) is 43.2 Å². The Morgan fingerprint density at radius 2 is 1.54 bits per heavy atom. The van der Waals surface area contributed by atoms with Crippen LogP contribution in [0.25, 0.3) is 0 Å². The minimum Gasteiger partial charge on any atom is -0.352 e. The Kier molecular flexibility index (Phi) is 10.1. The van der Waals surface area contributed by atoms with Crippen molar-refractivity contribution in [3.63, 3.8) is 0 Å². The fraction of sp³-hybridized carbons (Fsp3) is 0.355. The molecule has 0 unspecified atom stereocenters. The van der Waals surface area contributed by atoms with Gasteiger partial charge in [-0.1, -0.05) is 67.8 Å². The molecule has 1 N–H and O–H groups in total. The van der Waals surface area contributed by atoms with Crippen molar-refractivity contribution in [3.8, 4) is 0 Å². The monoisotopic (exact) mass is 583 g/mol. The van der Waals surface area contributed by atoms with E-state index in [9.17, 15) is 26.8 Å². The summed E-state index contributed by atoms with van der Waals surface area (Å²) in [6, 6.07) is 18.8. The molecule has 3 aromatic carbocycles. The Balaban J connectivity index is 1.72. The molecule has 41 heavy (non-hydrogen) atoms. The molecule has 0 radical (unpaired) electrons. The van der Waals surface area contributed by atoms with Crippen molar-refractivity contribution < 1.29 is 26.8 Å². The van der Waals surface area contributed by atoms with E-state index in [4.69, 9.17) is 0 Å². The zero-order valence-electron chi connectivity index (χ0n) is 23.0. The summed E-state index contributed by atoms with van der Waals surface area (Å²) >= 11 is 0. The molecule has 0 spiro atoms. The lowest BCUT2D eigenvalue weighted by atomic mass is 9.94. The minimum atomic E-state index is -3.98. The van der Waals surface area contributed by atoms with Crippen molar-refractivity contribution in [3.05, 3.63) is 102 Å². The first-order chi connectivity index (χ1) is 19.6. The third kappa shape index (κ3) is 8.36. The zero-order valence-corrected chi connectivity index (χ0v) is 23.8. The van der Waals surface area contributed by atoms with Crippen LogP contribution in [0.5, 0.6) is 0 Å². The molecule has 1 fully saturated rings. The molecule has 0 aliphatic heterocycles. The maximum Gasteiger partial charge on any atom is 0.244 e. The molecule has 1 saturated carbocycles. The molecule has 0 heterocycles. The lowest BCUT2D eigenvalue weighted by molar-refractivity contribution is -0.140. The average Bonchev–Trinajstić information content (AvgIpc) is 2.95. The average molecular weight is 584 g/mol. The van der Waals surface area contributed by atoms with E-state index in [0.717, 1.165) is 60.4 Å². The van der Waals surface area contributed by atoms with Crippen molar-refractivity contribution in [1.82, 2.24) is 10.2 Å². The number of anilines is 1. The normalized spacial score (nSPS) is 14.7. The van der Waals surface area contributed by atoms with Crippen LogP contribution >= 0.6 is 0 Å². The number of carbonyl (C=O) groups excluding carboxylic acids is 2. The second-order valence-electron chi connectivity index (χ2n) is 10.4. The Morgan fingerprint density at radius 3 is 2.17 bits per heavy atom. The van der Waals surface area contributed by atoms with E-state index in [1.807, 2.05) is 30.3 Å². The van der Waals surface area contributed by atoms with Crippen molar-refractivity contribution >= 4 is 27.5 Å². The highest BCUT2D eigenvalue weighted by Crippen LogP contribution is 2.23. The van der Waals surface area contributed by atoms with E-state index in [1.54, 1.807) is 6.07 Å². The number of halogens is 2. The van der Waals surface area contributed by atoms with Crippen molar-refractivity contribution in [2.45, 2.75) is 57.2 Å². The molecular weight excluding hydrogens is 548 g/mol. The quantitative estimate of drug-likeness (QED) is 0.351. The van der Waals surface area contributed by atoms with E-state index in [2.05, 4.69) is 5.32 Å². The second-order valence-corrected chi connectivity index (χ2v) is 12.3. The number of nitrogens with zero attached hydrogens (tertiary/aromatic N) is 2. The summed E-state index contributed by atoms with van der Waals surface area (Å²) in [7, 11) is -3.98. The Hall–Kier alpha value is -3.79. The van der Waals surface area contributed by atoms with Gasteiger partial charge in [0.1, 0.15) is 24.2 Å². The lowest BCUT2D eigenvalue weighted by Crippen LogP contribution is -2.55. The van der Waals surface area contributed by atoms with Crippen molar-refractivity contribution in [2.24, 2.45) is 0 Å². The molecule has 0 saturated heterocycles. The van der Waals surface area contributed by atoms with Crippen LogP contribution in [-0.4, -0.2) is 50.0 Å². The van der Waals surface area contributed by atoms with Crippen molar-refractivity contribution in [2.75, 3.05) is 17.1 Å². The van der Waals surface area contributed by atoms with Crippen LogP contribution in [0.2, 0.25) is 0 Å². The molecule has 2 amide bonds. The molecular formula is C31H35F2N3O4S. The molecule has 10 heteroatoms. The highest BCUT2D eigenvalue weighted by molar-refractivity contribution is 7.92. The van der Waals surface area contributed by atoms with Gasteiger partial charge in [-0.15, -0.1) is 0 Å². The second kappa shape index (κ2) is 13.7. The van der Waals surface area contributed by atoms with E-state index in [1.165, 1.54) is 35.2 Å². The summed E-state index contributed by atoms with van der Waals surface area (Å²) in [5.41, 5.74) is 1.08. The van der Waals surface area contributed by atoms with Gasteiger partial charge < -0.3 is 10.2 Å². The summed E-state index contributed by atoms with van der Waals surface area (Å²) in [6.45, 7) is -0.900. The van der Waals surface area contributed by atoms with Gasteiger partial charge in [-0.25, -0.2) is 17.2 Å². The fourth-order valence-electron chi connectivity index (χ4n) is 5.13. The summed E-state index contributed by atoms with van der Waals surface area (Å²) in [5, 5.41) is 3.10. The fourth-order valence-corrected chi connectivity index (χ4v) is 5.98. The van der Waals surface area contributed by atoms with Gasteiger partial charge >= 0.3 is 0 Å². The van der Waals surface area contributed by atoms with Gasteiger partial charge in [0.25, 0.3) is 0 Å². The number of amides is 2. The van der Waals surface area contributed by atoms with E-state index in [0.29, 0.717) is 0 Å². The zero-order chi connectivity index (χ0) is 29.4. The Bertz CT molecular complexity index is 1430. The van der Waals surface area contributed by atoms with Gasteiger partial charge in [0.15, 0.2) is 0 Å². The standard InChI is InChI=1S/C31H35F2N3O4S/c1-41(39,40)36(27-18-16-25(32)17-19-27)22-30(37)35(21-24-12-8-9-15-28(24)33)29(20-23-10-4-2-5-11-23)31(38)34-26-13-6-3-7-14-26/h2,4-5,8-12,15-19,26,29H,3,6-7,13-14,20-22H2,1H3,(H,34,38)/t29-/m0/s1. The third-order valence-corrected chi connectivity index (χ3v) is 8.46. The number of hydrogen-bond donors (Lipinski definition) is 1. The highest BCUT2D eigenvalue weighted by atomic mass is 32.2. The molecule has 1 aliphatic rings. The van der Waals surface area contributed by atoms with Crippen LogP contribution in [0.4, 0.5) is 14.5 Å². The van der Waals surface area contributed by atoms with Gasteiger partial charge in [0.05, 0.1) is 11.9 Å². The predicted molar refractivity (Wildman–Crippen MR) is 154 cm³/mol.